The van der Waals surface area contributed by atoms with E-state index in [2.05, 4.69) is 38.8 Å². The number of nitrogen functional groups attached to an aromatic ring is 1. The molecule has 0 saturated carbocycles. The fourth-order valence-corrected chi connectivity index (χ4v) is 3.84. The molecule has 0 amide bonds. The SMILES string of the molecule is C=C1N=NN(CCCCCC)C1O[C@@H]1[C@H](O)[C@@H](CO)O[C@H]1n1cnc2c(N)ncnc21. The molecule has 0 aliphatic carbocycles. The van der Waals surface area contributed by atoms with Crippen molar-refractivity contribution in [1.29, 1.82) is 0 Å². The van der Waals surface area contributed by atoms with E-state index >= 15 is 0 Å². The number of anilines is 1. The monoisotopic (exact) mass is 432 g/mol. The Morgan fingerprint density at radius 2 is 2.10 bits per heavy atom. The molecule has 0 aromatic carbocycles. The second kappa shape index (κ2) is 9.22. The molecule has 12 heteroatoms. The number of aromatic nitrogens is 4. The predicted molar refractivity (Wildman–Crippen MR) is 110 cm³/mol. The molecular formula is C19H28N8O4. The lowest BCUT2D eigenvalue weighted by Gasteiger charge is -2.29. The second-order valence-corrected chi connectivity index (χ2v) is 7.68. The van der Waals surface area contributed by atoms with Gasteiger partial charge in [0.2, 0.25) is 0 Å². The zero-order valence-corrected chi connectivity index (χ0v) is 17.4. The molecule has 4 rings (SSSR count). The lowest BCUT2D eigenvalue weighted by atomic mass is 10.1. The summed E-state index contributed by atoms with van der Waals surface area (Å²) in [6, 6.07) is 0. The van der Waals surface area contributed by atoms with Gasteiger partial charge in [-0.15, -0.1) is 5.11 Å². The van der Waals surface area contributed by atoms with E-state index in [1.165, 1.54) is 12.7 Å². The van der Waals surface area contributed by atoms with Gasteiger partial charge < -0.3 is 25.4 Å². The number of imidazole rings is 1. The molecule has 168 valence electrons. The van der Waals surface area contributed by atoms with Gasteiger partial charge in [-0.25, -0.2) is 20.0 Å². The van der Waals surface area contributed by atoms with Crippen molar-refractivity contribution >= 4 is 17.0 Å². The van der Waals surface area contributed by atoms with Crippen LogP contribution in [0.2, 0.25) is 0 Å². The molecule has 2 aliphatic heterocycles. The quantitative estimate of drug-likeness (QED) is 0.494. The molecule has 0 bridgehead atoms. The third-order valence-corrected chi connectivity index (χ3v) is 5.52. The molecule has 0 spiro atoms. The first-order chi connectivity index (χ1) is 15.0. The van der Waals surface area contributed by atoms with Crippen LogP contribution in [0.5, 0.6) is 0 Å². The molecule has 2 aromatic heterocycles. The van der Waals surface area contributed by atoms with Crippen LogP contribution >= 0.6 is 0 Å². The number of aliphatic hydroxyl groups excluding tert-OH is 2. The van der Waals surface area contributed by atoms with Crippen LogP contribution in [-0.4, -0.2) is 72.4 Å². The summed E-state index contributed by atoms with van der Waals surface area (Å²) < 4.78 is 13.8. The van der Waals surface area contributed by atoms with Gasteiger partial charge in [0.1, 0.15) is 35.9 Å². The Hall–Kier alpha value is -2.67. The summed E-state index contributed by atoms with van der Waals surface area (Å²) in [6.45, 7) is 6.37. The van der Waals surface area contributed by atoms with Crippen molar-refractivity contribution < 1.29 is 19.7 Å². The minimum Gasteiger partial charge on any atom is -0.394 e. The molecule has 31 heavy (non-hydrogen) atoms. The summed E-state index contributed by atoms with van der Waals surface area (Å²) in [5, 5.41) is 30.4. The molecule has 0 radical (unpaired) electrons. The zero-order chi connectivity index (χ0) is 22.0. The molecule has 2 aliphatic rings. The van der Waals surface area contributed by atoms with Gasteiger partial charge in [0.25, 0.3) is 0 Å². The van der Waals surface area contributed by atoms with Crippen LogP contribution in [0.1, 0.15) is 38.8 Å². The van der Waals surface area contributed by atoms with Crippen LogP contribution in [0.3, 0.4) is 0 Å². The van der Waals surface area contributed by atoms with Gasteiger partial charge in [-0.1, -0.05) is 38.0 Å². The van der Waals surface area contributed by atoms with Crippen LogP contribution in [0.25, 0.3) is 11.2 Å². The van der Waals surface area contributed by atoms with Crippen LogP contribution in [0.4, 0.5) is 5.82 Å². The molecule has 5 atom stereocenters. The van der Waals surface area contributed by atoms with Crippen LogP contribution < -0.4 is 5.73 Å². The first-order valence-corrected chi connectivity index (χ1v) is 10.4. The predicted octanol–water partition coefficient (Wildman–Crippen LogP) is 1.15. The van der Waals surface area contributed by atoms with E-state index < -0.39 is 30.8 Å². The Morgan fingerprint density at radius 1 is 1.26 bits per heavy atom. The minimum atomic E-state index is -1.10. The molecular weight excluding hydrogens is 404 g/mol. The van der Waals surface area contributed by atoms with Crippen molar-refractivity contribution in [3.8, 4) is 0 Å². The number of nitrogens with two attached hydrogens (primary N) is 1. The van der Waals surface area contributed by atoms with Crippen LogP contribution in [-0.2, 0) is 9.47 Å². The van der Waals surface area contributed by atoms with Crippen molar-refractivity contribution in [3.05, 3.63) is 24.9 Å². The van der Waals surface area contributed by atoms with E-state index in [1.807, 2.05) is 0 Å². The van der Waals surface area contributed by atoms with Crippen molar-refractivity contribution in [1.82, 2.24) is 24.5 Å². The average Bonchev–Trinajstić information content (AvgIpc) is 3.43. The smallest absolute Gasteiger partial charge is 0.191 e. The number of fused-ring (bicyclic) bond motifs is 1. The van der Waals surface area contributed by atoms with Crippen molar-refractivity contribution in [3.63, 3.8) is 0 Å². The molecule has 1 fully saturated rings. The maximum Gasteiger partial charge on any atom is 0.191 e. The Morgan fingerprint density at radius 3 is 2.87 bits per heavy atom. The summed E-state index contributed by atoms with van der Waals surface area (Å²) >= 11 is 0. The Bertz CT molecular complexity index is 950. The van der Waals surface area contributed by atoms with Gasteiger partial charge in [-0.05, 0) is 6.42 Å². The van der Waals surface area contributed by atoms with Gasteiger partial charge in [-0.3, -0.25) is 4.57 Å². The summed E-state index contributed by atoms with van der Waals surface area (Å²) in [4.78, 5) is 12.4. The fourth-order valence-electron chi connectivity index (χ4n) is 3.84. The van der Waals surface area contributed by atoms with Crippen molar-refractivity contribution in [2.45, 2.75) is 63.4 Å². The highest BCUT2D eigenvalue weighted by molar-refractivity contribution is 5.81. The average molecular weight is 432 g/mol. The van der Waals surface area contributed by atoms with Gasteiger partial charge in [0.05, 0.1) is 12.9 Å². The third-order valence-electron chi connectivity index (χ3n) is 5.52. The number of hydrogen-bond donors (Lipinski definition) is 3. The van der Waals surface area contributed by atoms with E-state index in [4.69, 9.17) is 15.2 Å². The maximum absolute atomic E-state index is 10.8. The van der Waals surface area contributed by atoms with Crippen molar-refractivity contribution in [2.24, 2.45) is 10.3 Å². The Balaban J connectivity index is 1.57. The fraction of sp³-hybridized carbons (Fsp3) is 0.632. The highest BCUT2D eigenvalue weighted by Gasteiger charge is 2.48. The zero-order valence-electron chi connectivity index (χ0n) is 17.4. The summed E-state index contributed by atoms with van der Waals surface area (Å²) in [5.41, 5.74) is 7.18. The molecule has 1 saturated heterocycles. The van der Waals surface area contributed by atoms with Gasteiger partial charge in [0.15, 0.2) is 23.9 Å². The minimum absolute atomic E-state index is 0.235. The topological polar surface area (TPSA) is 156 Å². The molecule has 4 heterocycles. The molecule has 2 aromatic rings. The molecule has 4 N–H and O–H groups in total. The van der Waals surface area contributed by atoms with Crippen LogP contribution in [0, 0.1) is 0 Å². The first-order valence-electron chi connectivity index (χ1n) is 10.4. The first kappa shape index (κ1) is 21.6. The lowest BCUT2D eigenvalue weighted by molar-refractivity contribution is -0.129. The number of ether oxygens (including phenoxy) is 2. The van der Waals surface area contributed by atoms with Gasteiger partial charge in [-0.2, -0.15) is 0 Å². The Kier molecular flexibility index (Phi) is 6.41. The third kappa shape index (κ3) is 4.11. The highest BCUT2D eigenvalue weighted by atomic mass is 16.6. The number of aliphatic hydroxyl groups is 2. The van der Waals surface area contributed by atoms with E-state index in [0.717, 1.165) is 25.7 Å². The van der Waals surface area contributed by atoms with Gasteiger partial charge >= 0.3 is 0 Å². The lowest BCUT2D eigenvalue weighted by Crippen LogP contribution is -2.42. The summed E-state index contributed by atoms with van der Waals surface area (Å²) in [5.74, 6) is 0.235. The van der Waals surface area contributed by atoms with E-state index in [-0.39, 0.29) is 12.4 Å². The largest absolute Gasteiger partial charge is 0.394 e. The molecule has 12 nitrogen and oxygen atoms in total. The number of unbranched alkanes of at least 4 members (excludes halogenated alkanes) is 3. The van der Waals surface area contributed by atoms with E-state index in [1.54, 1.807) is 9.58 Å². The second-order valence-electron chi connectivity index (χ2n) is 7.68. The maximum atomic E-state index is 10.8. The highest BCUT2D eigenvalue weighted by Crippen LogP contribution is 2.36. The standard InChI is InChI=1S/C19H28N8O4/c1-3-4-5-6-7-27-18(11(2)24-25-27)31-15-14(29)12(8-28)30-19(15)26-10-23-13-16(20)21-9-22-17(13)26/h9-10,12,14-15,18-19,28-29H,2-8H2,1H3,(H2,20,21,22)/t12-,14-,15-,18?,19-/m1/s1. The number of rotatable bonds is 9. The number of hydrogen-bond acceptors (Lipinski definition) is 11. The molecule has 1 unspecified atom stereocenters. The van der Waals surface area contributed by atoms with Crippen molar-refractivity contribution in [2.75, 3.05) is 18.9 Å². The Labute approximate surface area is 179 Å². The summed E-state index contributed by atoms with van der Waals surface area (Å²) in [6.07, 6.45) is 2.90. The van der Waals surface area contributed by atoms with E-state index in [0.29, 0.717) is 23.4 Å². The van der Waals surface area contributed by atoms with Gasteiger partial charge in [0, 0.05) is 6.54 Å². The number of nitrogens with zero attached hydrogens (tertiary/aromatic N) is 7. The summed E-state index contributed by atoms with van der Waals surface area (Å²) in [7, 11) is 0. The van der Waals surface area contributed by atoms with Crippen LogP contribution in [0.15, 0.2) is 35.3 Å². The van der Waals surface area contributed by atoms with E-state index in [9.17, 15) is 10.2 Å². The normalized spacial score (nSPS) is 28.3.